The number of hydrogen-bond donors (Lipinski definition) is 2. The van der Waals surface area contributed by atoms with Crippen molar-refractivity contribution >= 4 is 17.3 Å². The van der Waals surface area contributed by atoms with Crippen LogP contribution < -0.4 is 15.4 Å². The molecule has 0 fully saturated rings. The molecule has 3 aromatic rings. The molecule has 28 heavy (non-hydrogen) atoms. The van der Waals surface area contributed by atoms with E-state index in [0.29, 0.717) is 30.8 Å². The summed E-state index contributed by atoms with van der Waals surface area (Å²) >= 11 is 0. The number of para-hydroxylation sites is 2. The minimum atomic E-state index is -0.269. The second-order valence-corrected chi connectivity index (χ2v) is 6.15. The van der Waals surface area contributed by atoms with Crippen LogP contribution in [0.5, 0.6) is 5.75 Å². The molecule has 0 unspecified atom stereocenters. The molecule has 1 heterocycles. The maximum Gasteiger partial charge on any atom is 0.252 e. The molecule has 0 saturated carbocycles. The minimum Gasteiger partial charge on any atom is -0.492 e. The number of carbonyl (C=O) groups excluding carboxylic acids is 1. The molecule has 6 heteroatoms. The van der Waals surface area contributed by atoms with Crippen molar-refractivity contribution in [3.8, 4) is 5.75 Å². The quantitative estimate of drug-likeness (QED) is 0.611. The average Bonchev–Trinajstić information content (AvgIpc) is 2.71. The lowest BCUT2D eigenvalue weighted by Gasteiger charge is -2.12. The van der Waals surface area contributed by atoms with Crippen molar-refractivity contribution in [3.05, 3.63) is 83.9 Å². The van der Waals surface area contributed by atoms with Gasteiger partial charge in [-0.15, -0.1) is 0 Å². The van der Waals surface area contributed by atoms with Crippen LogP contribution in [0.4, 0.5) is 15.8 Å². The molecule has 0 spiro atoms. The van der Waals surface area contributed by atoms with E-state index in [2.05, 4.69) is 15.6 Å². The SMILES string of the molecule is CCOc1ccccc1Nc1cncc(C(=O)NCCc2ccc(F)cc2)c1. The Morgan fingerprint density at radius 3 is 2.68 bits per heavy atom. The molecule has 0 aliphatic carbocycles. The van der Waals surface area contributed by atoms with Crippen molar-refractivity contribution in [1.29, 1.82) is 0 Å². The number of nitrogens with one attached hydrogen (secondary N) is 2. The number of aromatic nitrogens is 1. The van der Waals surface area contributed by atoms with Crippen LogP contribution in [0.15, 0.2) is 67.0 Å². The Kier molecular flexibility index (Phi) is 6.57. The number of rotatable bonds is 8. The first kappa shape index (κ1) is 19.4. The Bertz CT molecular complexity index is 929. The molecule has 144 valence electrons. The van der Waals surface area contributed by atoms with Gasteiger partial charge in [-0.1, -0.05) is 24.3 Å². The molecule has 0 atom stereocenters. The van der Waals surface area contributed by atoms with Crippen LogP contribution in [0, 0.1) is 5.82 Å². The molecular weight excluding hydrogens is 357 g/mol. The zero-order valence-corrected chi connectivity index (χ0v) is 15.6. The summed E-state index contributed by atoms with van der Waals surface area (Å²) in [6.07, 6.45) is 3.80. The number of ether oxygens (including phenoxy) is 1. The van der Waals surface area contributed by atoms with E-state index in [9.17, 15) is 9.18 Å². The highest BCUT2D eigenvalue weighted by Gasteiger charge is 2.08. The van der Waals surface area contributed by atoms with Gasteiger partial charge in [0.2, 0.25) is 0 Å². The van der Waals surface area contributed by atoms with Crippen LogP contribution >= 0.6 is 0 Å². The molecule has 1 amide bonds. The fraction of sp³-hybridized carbons (Fsp3) is 0.182. The number of hydrogen-bond acceptors (Lipinski definition) is 4. The third-order valence-corrected chi connectivity index (χ3v) is 4.08. The summed E-state index contributed by atoms with van der Waals surface area (Å²) in [6, 6.07) is 15.6. The van der Waals surface area contributed by atoms with E-state index in [1.807, 2.05) is 31.2 Å². The molecule has 0 aliphatic heterocycles. The predicted octanol–water partition coefficient (Wildman–Crippen LogP) is 4.34. The van der Waals surface area contributed by atoms with Gasteiger partial charge >= 0.3 is 0 Å². The maximum absolute atomic E-state index is 12.9. The Hall–Kier alpha value is -3.41. The zero-order valence-electron chi connectivity index (χ0n) is 15.6. The van der Waals surface area contributed by atoms with Gasteiger partial charge in [-0.05, 0) is 49.2 Å². The molecule has 2 N–H and O–H groups in total. The Morgan fingerprint density at radius 2 is 1.89 bits per heavy atom. The molecule has 2 aromatic carbocycles. The standard InChI is InChI=1S/C22H22FN3O2/c1-2-28-21-6-4-3-5-20(21)26-19-13-17(14-24-15-19)22(27)25-12-11-16-7-9-18(23)10-8-16/h3-10,13-15,26H,2,11-12H2,1H3,(H,25,27). The van der Waals surface area contributed by atoms with Gasteiger partial charge in [-0.25, -0.2) is 4.39 Å². The largest absolute Gasteiger partial charge is 0.492 e. The van der Waals surface area contributed by atoms with E-state index in [-0.39, 0.29) is 11.7 Å². The van der Waals surface area contributed by atoms with Crippen molar-refractivity contribution in [2.75, 3.05) is 18.5 Å². The van der Waals surface area contributed by atoms with Gasteiger partial charge < -0.3 is 15.4 Å². The minimum absolute atomic E-state index is 0.212. The van der Waals surface area contributed by atoms with Crippen molar-refractivity contribution in [2.45, 2.75) is 13.3 Å². The van der Waals surface area contributed by atoms with Gasteiger partial charge in [0.05, 0.1) is 29.7 Å². The van der Waals surface area contributed by atoms with E-state index < -0.39 is 0 Å². The fourth-order valence-electron chi connectivity index (χ4n) is 2.71. The van der Waals surface area contributed by atoms with Crippen LogP contribution in [-0.2, 0) is 6.42 Å². The van der Waals surface area contributed by atoms with Crippen LogP contribution in [0.2, 0.25) is 0 Å². The van der Waals surface area contributed by atoms with E-state index in [0.717, 1.165) is 17.0 Å². The molecule has 0 aliphatic rings. The van der Waals surface area contributed by atoms with Crippen LogP contribution in [0.3, 0.4) is 0 Å². The van der Waals surface area contributed by atoms with Crippen molar-refractivity contribution in [2.24, 2.45) is 0 Å². The number of carbonyl (C=O) groups is 1. The van der Waals surface area contributed by atoms with Crippen LogP contribution in [0.25, 0.3) is 0 Å². The molecule has 3 rings (SSSR count). The summed E-state index contributed by atoms with van der Waals surface area (Å²) in [6.45, 7) is 2.94. The normalized spacial score (nSPS) is 10.4. The molecular formula is C22H22FN3O2. The fourth-order valence-corrected chi connectivity index (χ4v) is 2.71. The average molecular weight is 379 g/mol. The zero-order chi connectivity index (χ0) is 19.8. The van der Waals surface area contributed by atoms with Crippen molar-refractivity contribution in [3.63, 3.8) is 0 Å². The molecule has 1 aromatic heterocycles. The molecule has 5 nitrogen and oxygen atoms in total. The number of anilines is 2. The van der Waals surface area contributed by atoms with Gasteiger partial charge in [0.15, 0.2) is 0 Å². The van der Waals surface area contributed by atoms with E-state index in [4.69, 9.17) is 4.74 Å². The summed E-state index contributed by atoms with van der Waals surface area (Å²) in [5, 5.41) is 6.10. The summed E-state index contributed by atoms with van der Waals surface area (Å²) in [5.74, 6) is 0.254. The number of pyridine rings is 1. The Labute approximate surface area is 163 Å². The first-order valence-corrected chi connectivity index (χ1v) is 9.12. The lowest BCUT2D eigenvalue weighted by atomic mass is 10.1. The number of nitrogens with zero attached hydrogens (tertiary/aromatic N) is 1. The first-order chi connectivity index (χ1) is 13.7. The summed E-state index contributed by atoms with van der Waals surface area (Å²) in [4.78, 5) is 16.5. The second kappa shape index (κ2) is 9.50. The van der Waals surface area contributed by atoms with Crippen LogP contribution in [-0.4, -0.2) is 24.0 Å². The summed E-state index contributed by atoms with van der Waals surface area (Å²) in [7, 11) is 0. The molecule has 0 radical (unpaired) electrons. The first-order valence-electron chi connectivity index (χ1n) is 9.12. The Balaban J connectivity index is 1.61. The third kappa shape index (κ3) is 5.30. The summed E-state index contributed by atoms with van der Waals surface area (Å²) < 4.78 is 18.5. The number of halogens is 1. The van der Waals surface area contributed by atoms with E-state index in [1.54, 1.807) is 24.4 Å². The highest BCUT2D eigenvalue weighted by Crippen LogP contribution is 2.27. The van der Waals surface area contributed by atoms with Gasteiger partial charge in [-0.2, -0.15) is 0 Å². The lowest BCUT2D eigenvalue weighted by Crippen LogP contribution is -2.25. The van der Waals surface area contributed by atoms with Gasteiger partial charge in [-0.3, -0.25) is 9.78 Å². The van der Waals surface area contributed by atoms with Crippen LogP contribution in [0.1, 0.15) is 22.8 Å². The van der Waals surface area contributed by atoms with Gasteiger partial charge in [0.25, 0.3) is 5.91 Å². The lowest BCUT2D eigenvalue weighted by molar-refractivity contribution is 0.0954. The second-order valence-electron chi connectivity index (χ2n) is 6.15. The maximum atomic E-state index is 12.9. The van der Waals surface area contributed by atoms with E-state index >= 15 is 0 Å². The van der Waals surface area contributed by atoms with Crippen molar-refractivity contribution < 1.29 is 13.9 Å². The third-order valence-electron chi connectivity index (χ3n) is 4.08. The van der Waals surface area contributed by atoms with Crippen molar-refractivity contribution in [1.82, 2.24) is 10.3 Å². The van der Waals surface area contributed by atoms with E-state index in [1.165, 1.54) is 18.3 Å². The molecule has 0 saturated heterocycles. The topological polar surface area (TPSA) is 63.2 Å². The van der Waals surface area contributed by atoms with Gasteiger partial charge in [0.1, 0.15) is 11.6 Å². The summed E-state index contributed by atoms with van der Waals surface area (Å²) in [5.41, 5.74) is 2.92. The number of benzene rings is 2. The monoisotopic (exact) mass is 379 g/mol. The van der Waals surface area contributed by atoms with Gasteiger partial charge in [0, 0.05) is 12.7 Å². The smallest absolute Gasteiger partial charge is 0.252 e. The highest BCUT2D eigenvalue weighted by molar-refractivity contribution is 5.94. The molecule has 0 bridgehead atoms. The highest BCUT2D eigenvalue weighted by atomic mass is 19.1. The predicted molar refractivity (Wildman–Crippen MR) is 108 cm³/mol. The number of amides is 1. The Morgan fingerprint density at radius 1 is 1.11 bits per heavy atom.